The summed E-state index contributed by atoms with van der Waals surface area (Å²) < 4.78 is 6.22. The van der Waals surface area contributed by atoms with E-state index in [0.717, 1.165) is 25.3 Å². The van der Waals surface area contributed by atoms with Gasteiger partial charge in [0.25, 0.3) is 0 Å². The first-order chi connectivity index (χ1) is 12.1. The number of hydrogen-bond donors (Lipinski definition) is 2. The lowest BCUT2D eigenvalue weighted by molar-refractivity contribution is 0.137. The third-order valence-electron chi connectivity index (χ3n) is 5.34. The zero-order chi connectivity index (χ0) is 17.3. The lowest BCUT2D eigenvalue weighted by atomic mass is 9.92. The van der Waals surface area contributed by atoms with Gasteiger partial charge in [0.1, 0.15) is 11.4 Å². The van der Waals surface area contributed by atoms with Crippen LogP contribution in [0.1, 0.15) is 49.4 Å². The van der Waals surface area contributed by atoms with Gasteiger partial charge in [0, 0.05) is 30.6 Å². The van der Waals surface area contributed by atoms with Crippen molar-refractivity contribution in [1.29, 1.82) is 0 Å². The van der Waals surface area contributed by atoms with E-state index in [0.29, 0.717) is 12.1 Å². The summed E-state index contributed by atoms with van der Waals surface area (Å²) in [6.07, 6.45) is 3.42. The fourth-order valence-corrected chi connectivity index (χ4v) is 4.18. The highest BCUT2D eigenvalue weighted by atomic mass is 35.5. The van der Waals surface area contributed by atoms with Crippen molar-refractivity contribution in [3.8, 4) is 5.75 Å². The maximum absolute atomic E-state index is 6.22. The summed E-state index contributed by atoms with van der Waals surface area (Å²) in [6.45, 7) is 6.28. The molecule has 0 saturated carbocycles. The Morgan fingerprint density at radius 1 is 1.12 bits per heavy atom. The fraction of sp³-hybridized carbons (Fsp3) is 0.455. The van der Waals surface area contributed by atoms with Crippen molar-refractivity contribution in [3.05, 3.63) is 65.2 Å². The van der Waals surface area contributed by atoms with Crippen LogP contribution in [0.3, 0.4) is 0 Å². The van der Waals surface area contributed by atoms with E-state index in [1.54, 1.807) is 0 Å². The van der Waals surface area contributed by atoms with Gasteiger partial charge in [-0.05, 0) is 44.4 Å². The Hall–Kier alpha value is -1.55. The van der Waals surface area contributed by atoms with Crippen LogP contribution < -0.4 is 15.4 Å². The highest BCUT2D eigenvalue weighted by Crippen LogP contribution is 2.37. The molecule has 26 heavy (non-hydrogen) atoms. The predicted octanol–water partition coefficient (Wildman–Crippen LogP) is 4.40. The Kier molecular flexibility index (Phi) is 5.91. The number of fused-ring (bicyclic) bond motifs is 1. The van der Waals surface area contributed by atoms with Crippen LogP contribution in [0.2, 0.25) is 0 Å². The molecule has 2 aromatic carbocycles. The van der Waals surface area contributed by atoms with Gasteiger partial charge < -0.3 is 15.4 Å². The number of hydrogen-bond acceptors (Lipinski definition) is 3. The minimum atomic E-state index is -0.0859. The zero-order valence-electron chi connectivity index (χ0n) is 15.6. The molecule has 1 fully saturated rings. The Labute approximate surface area is 162 Å². The molecule has 0 aliphatic carbocycles. The lowest BCUT2D eigenvalue weighted by Crippen LogP contribution is -2.45. The molecule has 0 amide bonds. The van der Waals surface area contributed by atoms with E-state index in [1.165, 1.54) is 29.5 Å². The molecule has 2 atom stereocenters. The minimum absolute atomic E-state index is 0. The maximum atomic E-state index is 6.22. The molecule has 4 rings (SSSR count). The van der Waals surface area contributed by atoms with Crippen molar-refractivity contribution >= 4 is 12.4 Å². The number of piperidine rings is 1. The molecular formula is C22H29ClN2O. The zero-order valence-corrected chi connectivity index (χ0v) is 16.4. The van der Waals surface area contributed by atoms with Gasteiger partial charge in [0.05, 0.1) is 0 Å². The highest BCUT2D eigenvalue weighted by molar-refractivity contribution is 5.85. The Morgan fingerprint density at radius 2 is 1.92 bits per heavy atom. The molecule has 0 radical (unpaired) electrons. The van der Waals surface area contributed by atoms with Crippen LogP contribution in [-0.4, -0.2) is 18.2 Å². The summed E-state index contributed by atoms with van der Waals surface area (Å²) in [5.41, 5.74) is 3.90. The van der Waals surface area contributed by atoms with Crippen LogP contribution in [0.4, 0.5) is 0 Å². The molecule has 2 N–H and O–H groups in total. The minimum Gasteiger partial charge on any atom is -0.487 e. The van der Waals surface area contributed by atoms with Crippen LogP contribution in [0.15, 0.2) is 48.5 Å². The molecule has 4 heteroatoms. The topological polar surface area (TPSA) is 33.3 Å². The van der Waals surface area contributed by atoms with E-state index >= 15 is 0 Å². The summed E-state index contributed by atoms with van der Waals surface area (Å²) in [7, 11) is 0. The molecule has 2 aromatic rings. The third kappa shape index (κ3) is 4.06. The molecule has 2 heterocycles. The summed E-state index contributed by atoms with van der Waals surface area (Å²) in [5, 5.41) is 7.49. The SMILES string of the molecule is CC1(C)Cc2cccc(CN[C@H]3CCCN[C@H]3c3ccccc3)c2O1.Cl. The van der Waals surface area contributed by atoms with E-state index in [2.05, 4.69) is 73.0 Å². The third-order valence-corrected chi connectivity index (χ3v) is 5.34. The highest BCUT2D eigenvalue weighted by Gasteiger charge is 2.32. The predicted molar refractivity (Wildman–Crippen MR) is 109 cm³/mol. The Bertz CT molecular complexity index is 732. The van der Waals surface area contributed by atoms with Crippen LogP contribution in [0.25, 0.3) is 0 Å². The number of nitrogens with one attached hydrogen (secondary N) is 2. The van der Waals surface area contributed by atoms with Crippen molar-refractivity contribution in [2.75, 3.05) is 6.54 Å². The second kappa shape index (κ2) is 7.99. The van der Waals surface area contributed by atoms with Crippen molar-refractivity contribution < 1.29 is 4.74 Å². The second-order valence-electron chi connectivity index (χ2n) is 7.92. The van der Waals surface area contributed by atoms with Crippen molar-refractivity contribution in [3.63, 3.8) is 0 Å². The van der Waals surface area contributed by atoms with Crippen molar-refractivity contribution in [2.45, 2.75) is 57.3 Å². The molecule has 140 valence electrons. The summed E-state index contributed by atoms with van der Waals surface area (Å²) >= 11 is 0. The van der Waals surface area contributed by atoms with Gasteiger partial charge in [-0.1, -0.05) is 48.5 Å². The molecule has 2 aliphatic rings. The van der Waals surface area contributed by atoms with Crippen LogP contribution in [-0.2, 0) is 13.0 Å². The number of rotatable bonds is 4. The molecule has 2 aliphatic heterocycles. The van der Waals surface area contributed by atoms with Gasteiger partial charge >= 0.3 is 0 Å². The molecule has 0 unspecified atom stereocenters. The molecule has 0 spiro atoms. The van der Waals surface area contributed by atoms with Gasteiger partial charge in [-0.3, -0.25) is 0 Å². The van der Waals surface area contributed by atoms with Crippen LogP contribution >= 0.6 is 12.4 Å². The largest absolute Gasteiger partial charge is 0.487 e. The second-order valence-corrected chi connectivity index (χ2v) is 7.92. The van der Waals surface area contributed by atoms with Gasteiger partial charge in [0.2, 0.25) is 0 Å². The molecule has 3 nitrogen and oxygen atoms in total. The van der Waals surface area contributed by atoms with Gasteiger partial charge in [0.15, 0.2) is 0 Å². The van der Waals surface area contributed by atoms with Crippen LogP contribution in [0, 0.1) is 0 Å². The number of halogens is 1. The maximum Gasteiger partial charge on any atom is 0.127 e. The smallest absolute Gasteiger partial charge is 0.127 e. The molecule has 1 saturated heterocycles. The van der Waals surface area contributed by atoms with E-state index in [-0.39, 0.29) is 18.0 Å². The van der Waals surface area contributed by atoms with E-state index in [9.17, 15) is 0 Å². The Morgan fingerprint density at radius 3 is 2.73 bits per heavy atom. The van der Waals surface area contributed by atoms with Crippen molar-refractivity contribution in [2.24, 2.45) is 0 Å². The van der Waals surface area contributed by atoms with E-state index in [1.807, 2.05) is 0 Å². The van der Waals surface area contributed by atoms with Crippen molar-refractivity contribution in [1.82, 2.24) is 10.6 Å². The molecule has 0 bridgehead atoms. The Balaban J connectivity index is 0.00000196. The first-order valence-electron chi connectivity index (χ1n) is 9.44. The van der Waals surface area contributed by atoms with E-state index in [4.69, 9.17) is 4.74 Å². The van der Waals surface area contributed by atoms with Gasteiger partial charge in [-0.25, -0.2) is 0 Å². The molecular weight excluding hydrogens is 344 g/mol. The summed E-state index contributed by atoms with van der Waals surface area (Å²) in [5.74, 6) is 1.10. The van der Waals surface area contributed by atoms with Gasteiger partial charge in [-0.2, -0.15) is 0 Å². The standard InChI is InChI=1S/C22H28N2O.ClH/c1-22(2)14-17-10-6-11-18(21(17)25-22)15-24-19-12-7-13-23-20(19)16-8-4-3-5-9-16;/h3-6,8-11,19-20,23-24H,7,12-15H2,1-2H3;1H/t19-,20-;/m0./s1. The average molecular weight is 373 g/mol. The monoisotopic (exact) mass is 372 g/mol. The number of benzene rings is 2. The number of ether oxygens (including phenoxy) is 1. The summed E-state index contributed by atoms with van der Waals surface area (Å²) in [6, 6.07) is 18.2. The molecule has 0 aromatic heterocycles. The first-order valence-corrected chi connectivity index (χ1v) is 9.44. The van der Waals surface area contributed by atoms with Gasteiger partial charge in [-0.15, -0.1) is 12.4 Å². The number of para-hydroxylation sites is 1. The summed E-state index contributed by atoms with van der Waals surface area (Å²) in [4.78, 5) is 0. The average Bonchev–Trinajstić information content (AvgIpc) is 2.95. The quantitative estimate of drug-likeness (QED) is 0.834. The fourth-order valence-electron chi connectivity index (χ4n) is 4.18. The lowest BCUT2D eigenvalue weighted by Gasteiger charge is -2.34. The first kappa shape index (κ1) is 19.2. The van der Waals surface area contributed by atoms with Crippen LogP contribution in [0.5, 0.6) is 5.75 Å². The van der Waals surface area contributed by atoms with E-state index < -0.39 is 0 Å². The normalized spacial score (nSPS) is 23.6.